The highest BCUT2D eigenvalue weighted by Crippen LogP contribution is 2.32. The summed E-state index contributed by atoms with van der Waals surface area (Å²) in [6.45, 7) is 0. The molecule has 0 heterocycles. The molecule has 0 aliphatic carbocycles. The molecule has 0 amide bonds. The molecule has 110 valence electrons. The second kappa shape index (κ2) is 6.59. The van der Waals surface area contributed by atoms with Gasteiger partial charge in [0.2, 0.25) is 0 Å². The minimum absolute atomic E-state index is 0.157. The van der Waals surface area contributed by atoms with Crippen molar-refractivity contribution in [2.45, 2.75) is 12.3 Å². The number of carboxylic acid groups (broad SMARTS) is 1. The summed E-state index contributed by atoms with van der Waals surface area (Å²) >= 11 is 5.94. The number of carbonyl (C=O) groups is 1. The maximum absolute atomic E-state index is 13.2. The SMILES string of the molecule is COc1ccc(Cl)cc1C(Cc1cccc(F)c1)C(=O)O. The number of hydrogen-bond acceptors (Lipinski definition) is 2. The van der Waals surface area contributed by atoms with Gasteiger partial charge < -0.3 is 9.84 Å². The number of methoxy groups -OCH3 is 1. The highest BCUT2D eigenvalue weighted by atomic mass is 35.5. The van der Waals surface area contributed by atoms with Crippen LogP contribution >= 0.6 is 11.6 Å². The van der Waals surface area contributed by atoms with Crippen LogP contribution in [-0.4, -0.2) is 18.2 Å². The molecular weight excluding hydrogens is 295 g/mol. The zero-order valence-corrected chi connectivity index (χ0v) is 12.1. The molecule has 0 fully saturated rings. The molecule has 2 aromatic carbocycles. The van der Waals surface area contributed by atoms with Gasteiger partial charge in [0.05, 0.1) is 13.0 Å². The van der Waals surface area contributed by atoms with Gasteiger partial charge in [-0.05, 0) is 42.3 Å². The van der Waals surface area contributed by atoms with E-state index in [1.807, 2.05) is 0 Å². The first-order chi connectivity index (χ1) is 10.0. The van der Waals surface area contributed by atoms with E-state index in [9.17, 15) is 14.3 Å². The first-order valence-electron chi connectivity index (χ1n) is 6.32. The number of aliphatic carboxylic acids is 1. The lowest BCUT2D eigenvalue weighted by atomic mass is 9.91. The molecule has 0 aliphatic rings. The summed E-state index contributed by atoms with van der Waals surface area (Å²) in [7, 11) is 1.47. The van der Waals surface area contributed by atoms with Gasteiger partial charge in [0.1, 0.15) is 11.6 Å². The third-order valence-electron chi connectivity index (χ3n) is 3.19. The molecule has 21 heavy (non-hydrogen) atoms. The van der Waals surface area contributed by atoms with Crippen LogP contribution in [0.2, 0.25) is 5.02 Å². The van der Waals surface area contributed by atoms with Crippen molar-refractivity contribution in [2.75, 3.05) is 7.11 Å². The number of ether oxygens (including phenoxy) is 1. The molecule has 1 N–H and O–H groups in total. The highest BCUT2D eigenvalue weighted by Gasteiger charge is 2.24. The molecule has 1 unspecified atom stereocenters. The Bertz CT molecular complexity index is 658. The number of carboxylic acids is 1. The van der Waals surface area contributed by atoms with Crippen LogP contribution in [0.5, 0.6) is 5.75 Å². The van der Waals surface area contributed by atoms with Crippen molar-refractivity contribution in [1.29, 1.82) is 0 Å². The van der Waals surface area contributed by atoms with E-state index in [1.165, 1.54) is 19.2 Å². The van der Waals surface area contributed by atoms with Crippen LogP contribution in [0.25, 0.3) is 0 Å². The predicted octanol–water partition coefficient (Wildman–Crippen LogP) is 3.90. The molecule has 0 aromatic heterocycles. The van der Waals surface area contributed by atoms with Crippen molar-refractivity contribution in [1.82, 2.24) is 0 Å². The van der Waals surface area contributed by atoms with E-state index in [2.05, 4.69) is 0 Å². The summed E-state index contributed by atoms with van der Waals surface area (Å²) < 4.78 is 18.4. The summed E-state index contributed by atoms with van der Waals surface area (Å²) in [5.41, 5.74) is 1.08. The van der Waals surface area contributed by atoms with Crippen LogP contribution in [0.3, 0.4) is 0 Å². The molecule has 3 nitrogen and oxygen atoms in total. The number of halogens is 2. The summed E-state index contributed by atoms with van der Waals surface area (Å²) in [6, 6.07) is 10.7. The Morgan fingerprint density at radius 1 is 1.33 bits per heavy atom. The second-order valence-corrected chi connectivity index (χ2v) is 5.05. The maximum Gasteiger partial charge on any atom is 0.311 e. The smallest absolute Gasteiger partial charge is 0.311 e. The van der Waals surface area contributed by atoms with E-state index in [1.54, 1.807) is 30.3 Å². The fourth-order valence-electron chi connectivity index (χ4n) is 2.21. The Balaban J connectivity index is 2.40. The average molecular weight is 309 g/mol. The number of rotatable bonds is 5. The number of benzene rings is 2. The van der Waals surface area contributed by atoms with Crippen molar-refractivity contribution < 1.29 is 19.0 Å². The lowest BCUT2D eigenvalue weighted by Gasteiger charge is -2.16. The van der Waals surface area contributed by atoms with Crippen LogP contribution in [0.4, 0.5) is 4.39 Å². The van der Waals surface area contributed by atoms with Gasteiger partial charge in [-0.2, -0.15) is 0 Å². The van der Waals surface area contributed by atoms with E-state index >= 15 is 0 Å². The van der Waals surface area contributed by atoms with Crippen molar-refractivity contribution in [3.63, 3.8) is 0 Å². The van der Waals surface area contributed by atoms with E-state index in [4.69, 9.17) is 16.3 Å². The minimum Gasteiger partial charge on any atom is -0.496 e. The Hall–Kier alpha value is -2.07. The Kier molecular flexibility index (Phi) is 4.81. The van der Waals surface area contributed by atoms with Gasteiger partial charge in [-0.3, -0.25) is 4.79 Å². The topological polar surface area (TPSA) is 46.5 Å². The van der Waals surface area contributed by atoms with Gasteiger partial charge >= 0.3 is 5.97 Å². The van der Waals surface area contributed by atoms with Crippen LogP contribution in [0.1, 0.15) is 17.0 Å². The molecule has 5 heteroatoms. The molecule has 1 atom stereocenters. The largest absolute Gasteiger partial charge is 0.496 e. The van der Waals surface area contributed by atoms with Gasteiger partial charge in [-0.1, -0.05) is 23.7 Å². The molecule has 0 saturated carbocycles. The van der Waals surface area contributed by atoms with E-state index in [0.717, 1.165) is 0 Å². The van der Waals surface area contributed by atoms with Crippen molar-refractivity contribution in [2.24, 2.45) is 0 Å². The van der Waals surface area contributed by atoms with Gasteiger partial charge in [0, 0.05) is 10.6 Å². The van der Waals surface area contributed by atoms with Gasteiger partial charge in [-0.15, -0.1) is 0 Å². The third kappa shape index (κ3) is 3.73. The normalized spacial score (nSPS) is 12.0. The molecule has 0 radical (unpaired) electrons. The molecular formula is C16H14ClFO3. The first kappa shape index (κ1) is 15.3. The molecule has 0 bridgehead atoms. The Morgan fingerprint density at radius 3 is 2.71 bits per heavy atom. The second-order valence-electron chi connectivity index (χ2n) is 4.61. The quantitative estimate of drug-likeness (QED) is 0.911. The fraction of sp³-hybridized carbons (Fsp3) is 0.188. The maximum atomic E-state index is 13.2. The van der Waals surface area contributed by atoms with E-state index < -0.39 is 17.7 Å². The monoisotopic (exact) mass is 308 g/mol. The highest BCUT2D eigenvalue weighted by molar-refractivity contribution is 6.30. The van der Waals surface area contributed by atoms with E-state index in [0.29, 0.717) is 21.9 Å². The minimum atomic E-state index is -1.01. The van der Waals surface area contributed by atoms with Gasteiger partial charge in [0.25, 0.3) is 0 Å². The summed E-state index contributed by atoms with van der Waals surface area (Å²) in [5, 5.41) is 9.90. The predicted molar refractivity (Wildman–Crippen MR) is 78.5 cm³/mol. The molecule has 2 rings (SSSR count). The first-order valence-corrected chi connectivity index (χ1v) is 6.69. The van der Waals surface area contributed by atoms with Crippen molar-refractivity contribution in [3.05, 3.63) is 64.4 Å². The lowest BCUT2D eigenvalue weighted by molar-refractivity contribution is -0.138. The van der Waals surface area contributed by atoms with Crippen LogP contribution < -0.4 is 4.74 Å². The van der Waals surface area contributed by atoms with Gasteiger partial charge in [0.15, 0.2) is 0 Å². The van der Waals surface area contributed by atoms with Crippen LogP contribution in [0.15, 0.2) is 42.5 Å². The molecule has 0 saturated heterocycles. The van der Waals surface area contributed by atoms with Crippen molar-refractivity contribution >= 4 is 17.6 Å². The lowest BCUT2D eigenvalue weighted by Crippen LogP contribution is -2.15. The summed E-state index contributed by atoms with van der Waals surface area (Å²) in [5.74, 6) is -1.82. The zero-order valence-electron chi connectivity index (χ0n) is 11.3. The van der Waals surface area contributed by atoms with Crippen LogP contribution in [-0.2, 0) is 11.2 Å². The molecule has 2 aromatic rings. The van der Waals surface area contributed by atoms with Crippen molar-refractivity contribution in [3.8, 4) is 5.75 Å². The summed E-state index contributed by atoms with van der Waals surface area (Å²) in [4.78, 5) is 11.6. The van der Waals surface area contributed by atoms with E-state index in [-0.39, 0.29) is 6.42 Å². The standard InChI is InChI=1S/C16H14ClFO3/c1-21-15-6-5-11(17)9-13(15)14(16(19)20)8-10-3-2-4-12(18)7-10/h2-7,9,14H,8H2,1H3,(H,19,20). The zero-order chi connectivity index (χ0) is 15.4. The Labute approximate surface area is 126 Å². The Morgan fingerprint density at radius 2 is 2.10 bits per heavy atom. The molecule has 0 spiro atoms. The molecule has 0 aliphatic heterocycles. The number of hydrogen-bond donors (Lipinski definition) is 1. The fourth-order valence-corrected chi connectivity index (χ4v) is 2.39. The third-order valence-corrected chi connectivity index (χ3v) is 3.43. The van der Waals surface area contributed by atoms with Crippen LogP contribution in [0, 0.1) is 5.82 Å². The average Bonchev–Trinajstić information content (AvgIpc) is 2.44. The van der Waals surface area contributed by atoms with Gasteiger partial charge in [-0.25, -0.2) is 4.39 Å². The summed E-state index contributed by atoms with van der Waals surface area (Å²) in [6.07, 6.45) is 0.157.